The van der Waals surface area contributed by atoms with Crippen molar-refractivity contribution in [1.29, 1.82) is 0 Å². The molecule has 200 valence electrons. The van der Waals surface area contributed by atoms with Crippen LogP contribution in [-0.4, -0.2) is 23.4 Å². The first-order valence-electron chi connectivity index (χ1n) is 14.3. The fourth-order valence-electron chi connectivity index (χ4n) is 3.63. The first-order valence-corrected chi connectivity index (χ1v) is 14.3. The molecule has 0 amide bonds. The Bertz CT molecular complexity index is 560. The van der Waals surface area contributed by atoms with Crippen molar-refractivity contribution in [1.82, 2.24) is 0 Å². The lowest BCUT2D eigenvalue weighted by Crippen LogP contribution is -1.97. The zero-order valence-corrected chi connectivity index (χ0v) is 22.8. The van der Waals surface area contributed by atoms with E-state index < -0.39 is 0 Å². The summed E-state index contributed by atoms with van der Waals surface area (Å²) in [5, 5.41) is 17.3. The van der Waals surface area contributed by atoms with Crippen molar-refractivity contribution in [3.63, 3.8) is 0 Å². The maximum absolute atomic E-state index is 8.63. The minimum absolute atomic E-state index is 0.322. The molecule has 0 atom stereocenters. The molecule has 0 unspecified atom stereocenters. The van der Waals surface area contributed by atoms with Crippen LogP contribution in [-0.2, 0) is 4.74 Å². The molecule has 0 saturated carbocycles. The molecule has 0 aliphatic rings. The molecule has 0 bridgehead atoms. The molecule has 35 heavy (non-hydrogen) atoms. The highest BCUT2D eigenvalue weighted by molar-refractivity contribution is 5.19. The molecule has 2 rings (SSSR count). The third-order valence-corrected chi connectivity index (χ3v) is 5.80. The van der Waals surface area contributed by atoms with Crippen molar-refractivity contribution in [2.75, 3.05) is 13.2 Å². The van der Waals surface area contributed by atoms with E-state index in [1.807, 2.05) is 12.1 Å². The molecule has 2 aromatic rings. The molecule has 3 heteroatoms. The zero-order valence-electron chi connectivity index (χ0n) is 22.8. The van der Waals surface area contributed by atoms with Crippen molar-refractivity contribution in [2.24, 2.45) is 0 Å². The topological polar surface area (TPSA) is 49.7 Å². The first-order chi connectivity index (χ1) is 17.2. The summed E-state index contributed by atoms with van der Waals surface area (Å²) in [5.74, 6) is 0.644. The molecule has 2 N–H and O–H groups in total. The van der Waals surface area contributed by atoms with Crippen LogP contribution in [0.1, 0.15) is 117 Å². The fraction of sp³-hybridized carbons (Fsp3) is 0.625. The predicted molar refractivity (Wildman–Crippen MR) is 152 cm³/mol. The van der Waals surface area contributed by atoms with E-state index in [1.54, 1.807) is 48.5 Å². The highest BCUT2D eigenvalue weighted by Crippen LogP contribution is 2.10. The molecule has 3 nitrogen and oxygen atoms in total. The molecule has 0 aliphatic carbocycles. The van der Waals surface area contributed by atoms with Crippen LogP contribution in [0.3, 0.4) is 0 Å². The number of unbranched alkanes of at least 4 members (excludes halogenated alkanes) is 14. The number of rotatable bonds is 18. The second kappa shape index (κ2) is 28.2. The average Bonchev–Trinajstić information content (AvgIpc) is 2.88. The van der Waals surface area contributed by atoms with Gasteiger partial charge in [0, 0.05) is 13.2 Å². The monoisotopic (exact) mass is 486 g/mol. The van der Waals surface area contributed by atoms with Crippen molar-refractivity contribution < 1.29 is 14.9 Å². The Hall–Kier alpha value is -2.00. The summed E-state index contributed by atoms with van der Waals surface area (Å²) in [5.41, 5.74) is 0. The Morgan fingerprint density at radius 2 is 0.714 bits per heavy atom. The summed E-state index contributed by atoms with van der Waals surface area (Å²) in [6.45, 7) is 6.55. The predicted octanol–water partition coefficient (Wildman–Crippen LogP) is 10.1. The van der Waals surface area contributed by atoms with Crippen molar-refractivity contribution >= 4 is 0 Å². The van der Waals surface area contributed by atoms with E-state index in [2.05, 4.69) is 13.8 Å². The van der Waals surface area contributed by atoms with Crippen LogP contribution >= 0.6 is 0 Å². The number of phenols is 2. The first kappa shape index (κ1) is 33.0. The van der Waals surface area contributed by atoms with E-state index in [0.717, 1.165) is 13.2 Å². The van der Waals surface area contributed by atoms with Gasteiger partial charge < -0.3 is 14.9 Å². The number of hydrogen-bond donors (Lipinski definition) is 2. The van der Waals surface area contributed by atoms with Crippen LogP contribution in [0.5, 0.6) is 11.5 Å². The molecule has 0 radical (unpaired) electrons. The molecule has 0 aromatic heterocycles. The molecule has 0 heterocycles. The van der Waals surface area contributed by atoms with Gasteiger partial charge in [-0.2, -0.15) is 0 Å². The highest BCUT2D eigenvalue weighted by atomic mass is 16.5. The number of para-hydroxylation sites is 2. The van der Waals surface area contributed by atoms with E-state index in [0.29, 0.717) is 11.5 Å². The zero-order chi connectivity index (χ0) is 25.7. The Morgan fingerprint density at radius 3 is 0.971 bits per heavy atom. The minimum Gasteiger partial charge on any atom is -0.508 e. The number of phenolic OH excluding ortho intramolecular Hbond substituents is 2. The lowest BCUT2D eigenvalue weighted by molar-refractivity contribution is 0.125. The standard InChI is InChI=1S/C20H42O.2C6H6O/c1-3-5-7-9-11-13-15-17-19-21-20-18-16-14-12-10-8-6-4-2;2*7-6-4-2-1-3-5-6/h3-20H2,1-2H3;2*1-5,7H. The summed E-state index contributed by atoms with van der Waals surface area (Å²) in [4.78, 5) is 0. The van der Waals surface area contributed by atoms with Gasteiger partial charge in [0.05, 0.1) is 0 Å². The maximum atomic E-state index is 8.63. The van der Waals surface area contributed by atoms with Gasteiger partial charge in [-0.25, -0.2) is 0 Å². The van der Waals surface area contributed by atoms with E-state index in [1.165, 1.54) is 103 Å². The van der Waals surface area contributed by atoms with Gasteiger partial charge in [-0.1, -0.05) is 140 Å². The van der Waals surface area contributed by atoms with E-state index in [4.69, 9.17) is 14.9 Å². The van der Waals surface area contributed by atoms with Crippen LogP contribution in [0.15, 0.2) is 60.7 Å². The van der Waals surface area contributed by atoms with Crippen LogP contribution in [0, 0.1) is 0 Å². The lowest BCUT2D eigenvalue weighted by atomic mass is 10.1. The summed E-state index contributed by atoms with van der Waals surface area (Å²) in [7, 11) is 0. The number of hydrogen-bond acceptors (Lipinski definition) is 3. The summed E-state index contributed by atoms with van der Waals surface area (Å²) >= 11 is 0. The van der Waals surface area contributed by atoms with E-state index in [-0.39, 0.29) is 0 Å². The molecule has 0 saturated heterocycles. The lowest BCUT2D eigenvalue weighted by Gasteiger charge is -2.05. The van der Waals surface area contributed by atoms with Gasteiger partial charge in [0.25, 0.3) is 0 Å². The van der Waals surface area contributed by atoms with Crippen LogP contribution in [0.2, 0.25) is 0 Å². The SMILES string of the molecule is CCCCCCCCCCOCCCCCCCCCC.Oc1ccccc1.Oc1ccccc1. The Kier molecular flexibility index (Phi) is 26.6. The second-order valence-corrected chi connectivity index (χ2v) is 9.23. The van der Waals surface area contributed by atoms with Crippen molar-refractivity contribution in [3.05, 3.63) is 60.7 Å². The third kappa shape index (κ3) is 28.1. The third-order valence-electron chi connectivity index (χ3n) is 5.80. The van der Waals surface area contributed by atoms with Crippen LogP contribution in [0.25, 0.3) is 0 Å². The number of ether oxygens (including phenoxy) is 1. The molecule has 0 spiro atoms. The summed E-state index contributed by atoms with van der Waals surface area (Å²) < 4.78 is 5.72. The maximum Gasteiger partial charge on any atom is 0.115 e. The molecule has 2 aromatic carbocycles. The molecular weight excluding hydrogens is 432 g/mol. The fourth-order valence-corrected chi connectivity index (χ4v) is 3.63. The Balaban J connectivity index is 0.000000656. The van der Waals surface area contributed by atoms with Crippen LogP contribution in [0.4, 0.5) is 0 Å². The molecule has 0 fully saturated rings. The van der Waals surface area contributed by atoms with Gasteiger partial charge in [-0.3, -0.25) is 0 Å². The number of aromatic hydroxyl groups is 2. The smallest absolute Gasteiger partial charge is 0.115 e. The Morgan fingerprint density at radius 1 is 0.429 bits per heavy atom. The quantitative estimate of drug-likeness (QED) is 0.206. The molecule has 0 aliphatic heterocycles. The van der Waals surface area contributed by atoms with Gasteiger partial charge in [-0.15, -0.1) is 0 Å². The normalized spacial score (nSPS) is 10.1. The largest absolute Gasteiger partial charge is 0.508 e. The van der Waals surface area contributed by atoms with Crippen molar-refractivity contribution in [2.45, 2.75) is 117 Å². The van der Waals surface area contributed by atoms with E-state index in [9.17, 15) is 0 Å². The highest BCUT2D eigenvalue weighted by Gasteiger charge is 1.94. The second-order valence-electron chi connectivity index (χ2n) is 9.23. The minimum atomic E-state index is 0.322. The van der Waals surface area contributed by atoms with Gasteiger partial charge >= 0.3 is 0 Å². The van der Waals surface area contributed by atoms with Crippen molar-refractivity contribution in [3.8, 4) is 11.5 Å². The summed E-state index contributed by atoms with van der Waals surface area (Å²) in [6, 6.07) is 17.4. The van der Waals surface area contributed by atoms with Crippen LogP contribution < -0.4 is 0 Å². The van der Waals surface area contributed by atoms with Gasteiger partial charge in [0.2, 0.25) is 0 Å². The Labute approximate surface area is 217 Å². The average molecular weight is 487 g/mol. The van der Waals surface area contributed by atoms with Gasteiger partial charge in [-0.05, 0) is 37.1 Å². The molecular formula is C32H54O3. The number of benzene rings is 2. The van der Waals surface area contributed by atoms with Gasteiger partial charge in [0.15, 0.2) is 0 Å². The van der Waals surface area contributed by atoms with Gasteiger partial charge in [0.1, 0.15) is 11.5 Å². The summed E-state index contributed by atoms with van der Waals surface area (Å²) in [6.07, 6.45) is 22.2. The van der Waals surface area contributed by atoms with E-state index >= 15 is 0 Å².